The molecule has 11 heteroatoms. The predicted octanol–water partition coefficient (Wildman–Crippen LogP) is 3.38. The molecule has 2 atom stereocenters. The number of aliphatic hydroxyl groups is 1. The fourth-order valence-corrected chi connectivity index (χ4v) is 4.37. The van der Waals surface area contributed by atoms with Gasteiger partial charge in [0.15, 0.2) is 5.67 Å². The Morgan fingerprint density at radius 2 is 2.00 bits per heavy atom. The summed E-state index contributed by atoms with van der Waals surface area (Å²) in [6, 6.07) is 3.69. The van der Waals surface area contributed by atoms with Gasteiger partial charge in [0.25, 0.3) is 0 Å². The van der Waals surface area contributed by atoms with Crippen molar-refractivity contribution < 1.29 is 9.50 Å². The third kappa shape index (κ3) is 4.51. The number of rotatable bonds is 5. The number of nitrogens with zero attached hydrogens (tertiary/aromatic N) is 8. The van der Waals surface area contributed by atoms with E-state index >= 15 is 0 Å². The largest absolute Gasteiger partial charge is 0.390 e. The van der Waals surface area contributed by atoms with Crippen LogP contribution in [0.5, 0.6) is 0 Å². The molecule has 0 saturated carbocycles. The molecular weight excluding hydrogens is 449 g/mol. The predicted molar refractivity (Wildman–Crippen MR) is 131 cm³/mol. The minimum absolute atomic E-state index is 0.0282. The van der Waals surface area contributed by atoms with Crippen molar-refractivity contribution in [2.24, 2.45) is 7.05 Å². The SMILES string of the molecule is CC(C)c1ncc(-c2cn(C)nn2)c2cnc(Nc3ccnc(N4CC[C@@H](O)[C@@](C)(F)C4)n3)cc12. The van der Waals surface area contributed by atoms with Crippen molar-refractivity contribution in [1.82, 2.24) is 34.9 Å². The van der Waals surface area contributed by atoms with E-state index in [0.29, 0.717) is 30.5 Å². The van der Waals surface area contributed by atoms with Gasteiger partial charge in [-0.1, -0.05) is 19.1 Å². The van der Waals surface area contributed by atoms with Crippen LogP contribution in [0.15, 0.2) is 36.9 Å². The molecule has 0 unspecified atom stereocenters. The highest BCUT2D eigenvalue weighted by atomic mass is 19.1. The first kappa shape index (κ1) is 23.0. The maximum atomic E-state index is 14.7. The average Bonchev–Trinajstić information content (AvgIpc) is 3.26. The van der Waals surface area contributed by atoms with Crippen molar-refractivity contribution in [1.29, 1.82) is 0 Å². The van der Waals surface area contributed by atoms with Crippen LogP contribution in [0.4, 0.5) is 22.0 Å². The molecule has 35 heavy (non-hydrogen) atoms. The van der Waals surface area contributed by atoms with Gasteiger partial charge in [0, 0.05) is 48.5 Å². The number of hydrogen-bond donors (Lipinski definition) is 2. The lowest BCUT2D eigenvalue weighted by Gasteiger charge is -2.38. The summed E-state index contributed by atoms with van der Waals surface area (Å²) < 4.78 is 16.3. The second-order valence-electron chi connectivity index (χ2n) is 9.48. The standard InChI is InChI=1S/C24H28FN9O/c1-14(2)22-15-9-21(27-10-16(15)17(11-28-22)18-12-33(4)32-31-18)29-20-5-7-26-23(30-20)34-8-6-19(35)24(3,25)13-34/h5,7,9-12,14,19,35H,6,8,13H2,1-4H3,(H,26,27,29,30)/t19-,24+/m1/s1. The first-order valence-electron chi connectivity index (χ1n) is 11.6. The second-order valence-corrected chi connectivity index (χ2v) is 9.48. The lowest BCUT2D eigenvalue weighted by Crippen LogP contribution is -2.52. The quantitative estimate of drug-likeness (QED) is 0.446. The van der Waals surface area contributed by atoms with Crippen molar-refractivity contribution in [3.05, 3.63) is 42.6 Å². The Morgan fingerprint density at radius 1 is 1.17 bits per heavy atom. The topological polar surface area (TPSA) is 118 Å². The third-order valence-corrected chi connectivity index (χ3v) is 6.28. The van der Waals surface area contributed by atoms with Gasteiger partial charge in [0.2, 0.25) is 5.95 Å². The van der Waals surface area contributed by atoms with Crippen LogP contribution < -0.4 is 10.2 Å². The number of aliphatic hydroxyl groups excluding tert-OH is 1. The van der Waals surface area contributed by atoms with Gasteiger partial charge in [-0.2, -0.15) is 4.98 Å². The van der Waals surface area contributed by atoms with E-state index in [1.54, 1.807) is 28.0 Å². The molecule has 182 valence electrons. The van der Waals surface area contributed by atoms with Crippen LogP contribution in [-0.4, -0.2) is 64.9 Å². The number of alkyl halides is 1. The van der Waals surface area contributed by atoms with Gasteiger partial charge in [-0.15, -0.1) is 5.10 Å². The monoisotopic (exact) mass is 477 g/mol. The second kappa shape index (κ2) is 8.81. The number of pyridine rings is 2. The number of aromatic nitrogens is 7. The van der Waals surface area contributed by atoms with E-state index in [4.69, 9.17) is 4.98 Å². The van der Waals surface area contributed by atoms with Crippen molar-refractivity contribution in [2.75, 3.05) is 23.3 Å². The molecule has 1 fully saturated rings. The zero-order chi connectivity index (χ0) is 24.7. The molecule has 10 nitrogen and oxygen atoms in total. The van der Waals surface area contributed by atoms with Crippen LogP contribution in [0.3, 0.4) is 0 Å². The zero-order valence-electron chi connectivity index (χ0n) is 20.1. The van der Waals surface area contributed by atoms with Crippen molar-refractivity contribution >= 4 is 28.4 Å². The van der Waals surface area contributed by atoms with Crippen LogP contribution in [0.25, 0.3) is 22.0 Å². The Bertz CT molecular complexity index is 1370. The smallest absolute Gasteiger partial charge is 0.227 e. The van der Waals surface area contributed by atoms with E-state index in [-0.39, 0.29) is 12.5 Å². The highest BCUT2D eigenvalue weighted by molar-refractivity contribution is 5.97. The van der Waals surface area contributed by atoms with Gasteiger partial charge in [-0.3, -0.25) is 9.67 Å². The lowest BCUT2D eigenvalue weighted by molar-refractivity contribution is -0.00860. The van der Waals surface area contributed by atoms with Gasteiger partial charge in [-0.25, -0.2) is 14.4 Å². The van der Waals surface area contributed by atoms with E-state index in [9.17, 15) is 9.50 Å². The number of aryl methyl sites for hydroxylation is 1. The fourth-order valence-electron chi connectivity index (χ4n) is 4.37. The molecule has 1 aliphatic rings. The third-order valence-electron chi connectivity index (χ3n) is 6.28. The van der Waals surface area contributed by atoms with Crippen LogP contribution >= 0.6 is 0 Å². The Hall–Kier alpha value is -3.73. The molecule has 0 radical (unpaired) electrons. The zero-order valence-corrected chi connectivity index (χ0v) is 20.1. The summed E-state index contributed by atoms with van der Waals surface area (Å²) in [5.41, 5.74) is 0.833. The summed E-state index contributed by atoms with van der Waals surface area (Å²) in [4.78, 5) is 20.0. The maximum Gasteiger partial charge on any atom is 0.227 e. The average molecular weight is 478 g/mol. The molecule has 0 bridgehead atoms. The minimum Gasteiger partial charge on any atom is -0.390 e. The van der Waals surface area contributed by atoms with Crippen LogP contribution in [0, 0.1) is 0 Å². The van der Waals surface area contributed by atoms with Gasteiger partial charge in [-0.05, 0) is 31.4 Å². The van der Waals surface area contributed by atoms with Crippen molar-refractivity contribution in [3.63, 3.8) is 0 Å². The summed E-state index contributed by atoms with van der Waals surface area (Å²) in [6.45, 7) is 6.11. The molecule has 4 aromatic rings. The summed E-state index contributed by atoms with van der Waals surface area (Å²) in [5.74, 6) is 1.75. The number of anilines is 3. The lowest BCUT2D eigenvalue weighted by atomic mass is 9.94. The van der Waals surface area contributed by atoms with Gasteiger partial charge in [0.05, 0.1) is 24.5 Å². The Balaban J connectivity index is 1.47. The molecule has 4 aromatic heterocycles. The van der Waals surface area contributed by atoms with E-state index in [0.717, 1.165) is 27.7 Å². The summed E-state index contributed by atoms with van der Waals surface area (Å²) in [7, 11) is 1.82. The van der Waals surface area contributed by atoms with E-state index in [1.165, 1.54) is 6.92 Å². The Morgan fingerprint density at radius 3 is 2.71 bits per heavy atom. The van der Waals surface area contributed by atoms with Crippen LogP contribution in [-0.2, 0) is 7.05 Å². The van der Waals surface area contributed by atoms with Crippen molar-refractivity contribution in [3.8, 4) is 11.3 Å². The van der Waals surface area contributed by atoms with Gasteiger partial charge < -0.3 is 15.3 Å². The van der Waals surface area contributed by atoms with E-state index < -0.39 is 11.8 Å². The molecular formula is C24H28FN9O. The normalized spacial score (nSPS) is 20.5. The first-order chi connectivity index (χ1) is 16.7. The molecule has 0 aromatic carbocycles. The van der Waals surface area contributed by atoms with E-state index in [1.807, 2.05) is 25.5 Å². The molecule has 1 saturated heterocycles. The fraction of sp³-hybridized carbons (Fsp3) is 0.417. The first-order valence-corrected chi connectivity index (χ1v) is 11.6. The van der Waals surface area contributed by atoms with Crippen LogP contribution in [0.2, 0.25) is 0 Å². The number of halogens is 1. The van der Waals surface area contributed by atoms with Crippen molar-refractivity contribution in [2.45, 2.75) is 44.9 Å². The van der Waals surface area contributed by atoms with E-state index in [2.05, 4.69) is 44.4 Å². The summed E-state index contributed by atoms with van der Waals surface area (Å²) >= 11 is 0. The minimum atomic E-state index is -1.72. The summed E-state index contributed by atoms with van der Waals surface area (Å²) in [5, 5.41) is 23.3. The number of fused-ring (bicyclic) bond motifs is 1. The Labute approximate surface area is 202 Å². The number of piperidine rings is 1. The molecule has 0 amide bonds. The molecule has 2 N–H and O–H groups in total. The number of nitrogens with one attached hydrogen (secondary N) is 1. The highest BCUT2D eigenvalue weighted by Gasteiger charge is 2.39. The number of hydrogen-bond acceptors (Lipinski definition) is 9. The van der Waals surface area contributed by atoms with Gasteiger partial charge >= 0.3 is 0 Å². The summed E-state index contributed by atoms with van der Waals surface area (Å²) in [6.07, 6.45) is 6.43. The molecule has 1 aliphatic heterocycles. The Kier molecular flexibility index (Phi) is 5.79. The molecule has 0 aliphatic carbocycles. The molecule has 0 spiro atoms. The molecule has 5 heterocycles. The maximum absolute atomic E-state index is 14.7. The highest BCUT2D eigenvalue weighted by Crippen LogP contribution is 2.33. The van der Waals surface area contributed by atoms with Gasteiger partial charge in [0.1, 0.15) is 17.3 Å². The van der Waals surface area contributed by atoms with Crippen LogP contribution in [0.1, 0.15) is 38.8 Å². The molecule has 5 rings (SSSR count).